The molecule has 1 aromatic carbocycles. The third kappa shape index (κ3) is 3.77. The summed E-state index contributed by atoms with van der Waals surface area (Å²) in [6.45, 7) is 0. The summed E-state index contributed by atoms with van der Waals surface area (Å²) in [5.41, 5.74) is 7.60. The summed E-state index contributed by atoms with van der Waals surface area (Å²) in [4.78, 5) is 0. The minimum Gasteiger partial charge on any atom is -0.384 e. The van der Waals surface area contributed by atoms with Crippen LogP contribution in [0, 0.1) is 11.3 Å². The van der Waals surface area contributed by atoms with Gasteiger partial charge in [-0.3, -0.25) is 5.41 Å². The van der Waals surface area contributed by atoms with Crippen molar-refractivity contribution < 1.29 is 0 Å². The fourth-order valence-electron chi connectivity index (χ4n) is 2.35. The van der Waals surface area contributed by atoms with Crippen molar-refractivity contribution in [1.29, 1.82) is 5.41 Å². The van der Waals surface area contributed by atoms with Crippen molar-refractivity contribution in [2.75, 3.05) is 5.75 Å². The van der Waals surface area contributed by atoms with E-state index >= 15 is 0 Å². The summed E-state index contributed by atoms with van der Waals surface area (Å²) >= 11 is 2.01. The third-order valence-electron chi connectivity index (χ3n) is 3.34. The predicted molar refractivity (Wildman–Crippen MR) is 75.6 cm³/mol. The van der Waals surface area contributed by atoms with Crippen LogP contribution in [0.2, 0.25) is 0 Å². The molecular formula is C14H20N2S. The van der Waals surface area contributed by atoms with Crippen LogP contribution in [0.5, 0.6) is 0 Å². The minimum atomic E-state index is 0.160. The van der Waals surface area contributed by atoms with E-state index in [9.17, 15) is 0 Å². The molecule has 2 rings (SSSR count). The molecule has 1 saturated carbocycles. The summed E-state index contributed by atoms with van der Waals surface area (Å²) in [6, 6.07) is 8.04. The molecule has 0 atom stereocenters. The van der Waals surface area contributed by atoms with Gasteiger partial charge in [-0.15, -0.1) is 0 Å². The highest BCUT2D eigenvalue weighted by molar-refractivity contribution is 7.98. The Hall–Kier alpha value is -0.960. The van der Waals surface area contributed by atoms with Gasteiger partial charge in [-0.1, -0.05) is 31.0 Å². The van der Waals surface area contributed by atoms with Crippen molar-refractivity contribution in [1.82, 2.24) is 0 Å². The molecule has 0 saturated heterocycles. The van der Waals surface area contributed by atoms with Crippen LogP contribution in [-0.4, -0.2) is 11.6 Å². The van der Waals surface area contributed by atoms with Crippen LogP contribution in [0.15, 0.2) is 24.3 Å². The van der Waals surface area contributed by atoms with Gasteiger partial charge in [0.05, 0.1) is 0 Å². The highest BCUT2D eigenvalue weighted by atomic mass is 32.2. The molecule has 0 aliphatic heterocycles. The van der Waals surface area contributed by atoms with Crippen LogP contribution >= 0.6 is 11.8 Å². The third-order valence-corrected chi connectivity index (χ3v) is 4.58. The zero-order valence-corrected chi connectivity index (χ0v) is 10.9. The van der Waals surface area contributed by atoms with E-state index in [0.717, 1.165) is 17.2 Å². The summed E-state index contributed by atoms with van der Waals surface area (Å²) in [5, 5.41) is 7.42. The summed E-state index contributed by atoms with van der Waals surface area (Å²) in [7, 11) is 0. The maximum absolute atomic E-state index is 7.42. The second kappa shape index (κ2) is 6.10. The molecule has 92 valence electrons. The average molecular weight is 248 g/mol. The van der Waals surface area contributed by atoms with E-state index in [1.54, 1.807) is 0 Å². The number of rotatable bonds is 5. The van der Waals surface area contributed by atoms with E-state index < -0.39 is 0 Å². The first kappa shape index (κ1) is 12.5. The molecule has 0 radical (unpaired) electrons. The lowest BCUT2D eigenvalue weighted by Gasteiger charge is -2.08. The Morgan fingerprint density at radius 3 is 2.82 bits per heavy atom. The second-order valence-electron chi connectivity index (χ2n) is 4.78. The van der Waals surface area contributed by atoms with Crippen molar-refractivity contribution in [3.05, 3.63) is 35.4 Å². The molecule has 0 spiro atoms. The summed E-state index contributed by atoms with van der Waals surface area (Å²) in [6.07, 6.45) is 5.68. The molecule has 0 amide bonds. The number of nitrogen functional groups attached to an aromatic ring is 1. The van der Waals surface area contributed by atoms with E-state index in [-0.39, 0.29) is 5.84 Å². The molecule has 0 heterocycles. The van der Waals surface area contributed by atoms with Crippen LogP contribution in [0.3, 0.4) is 0 Å². The first-order valence-electron chi connectivity index (χ1n) is 6.27. The Kier molecular flexibility index (Phi) is 4.49. The molecule has 3 heteroatoms. The van der Waals surface area contributed by atoms with E-state index in [0.29, 0.717) is 0 Å². The summed E-state index contributed by atoms with van der Waals surface area (Å²) in [5.74, 6) is 3.42. The van der Waals surface area contributed by atoms with Gasteiger partial charge in [0.25, 0.3) is 0 Å². The van der Waals surface area contributed by atoms with Gasteiger partial charge in [-0.25, -0.2) is 0 Å². The Balaban J connectivity index is 1.81. The van der Waals surface area contributed by atoms with Crippen molar-refractivity contribution in [3.8, 4) is 0 Å². The number of nitrogens with two attached hydrogens (primary N) is 1. The molecule has 3 N–H and O–H groups in total. The van der Waals surface area contributed by atoms with E-state index in [4.69, 9.17) is 11.1 Å². The lowest BCUT2D eigenvalue weighted by molar-refractivity contribution is 0.623. The Morgan fingerprint density at radius 1 is 1.35 bits per heavy atom. The number of nitrogens with one attached hydrogen (secondary N) is 1. The van der Waals surface area contributed by atoms with Gasteiger partial charge < -0.3 is 5.73 Å². The molecule has 0 bridgehead atoms. The van der Waals surface area contributed by atoms with Crippen molar-refractivity contribution >= 4 is 17.6 Å². The van der Waals surface area contributed by atoms with E-state index in [2.05, 4.69) is 6.07 Å². The second-order valence-corrected chi connectivity index (χ2v) is 5.81. The molecule has 17 heavy (non-hydrogen) atoms. The van der Waals surface area contributed by atoms with Gasteiger partial charge in [0.1, 0.15) is 5.84 Å². The zero-order chi connectivity index (χ0) is 12.1. The fraction of sp³-hybridized carbons (Fsp3) is 0.500. The SMILES string of the molecule is N=C(N)c1cccc(CSCC2CCCC2)c1. The topological polar surface area (TPSA) is 49.9 Å². The van der Waals surface area contributed by atoms with Crippen LogP contribution in [0.1, 0.15) is 36.8 Å². The molecule has 1 fully saturated rings. The molecule has 1 aromatic rings. The van der Waals surface area contributed by atoms with Crippen LogP contribution in [-0.2, 0) is 5.75 Å². The zero-order valence-electron chi connectivity index (χ0n) is 10.1. The number of benzene rings is 1. The molecular weight excluding hydrogens is 228 g/mol. The first-order valence-corrected chi connectivity index (χ1v) is 7.42. The van der Waals surface area contributed by atoms with Gasteiger partial charge >= 0.3 is 0 Å². The number of amidine groups is 1. The maximum atomic E-state index is 7.42. The van der Waals surface area contributed by atoms with Crippen LogP contribution in [0.25, 0.3) is 0 Å². The van der Waals surface area contributed by atoms with Gasteiger partial charge in [-0.2, -0.15) is 11.8 Å². The number of hydrogen-bond acceptors (Lipinski definition) is 2. The predicted octanol–water partition coefficient (Wildman–Crippen LogP) is 3.39. The lowest BCUT2D eigenvalue weighted by atomic mass is 10.1. The molecule has 0 aromatic heterocycles. The normalized spacial score (nSPS) is 16.2. The number of thioether (sulfide) groups is 1. The fourth-order valence-corrected chi connectivity index (χ4v) is 3.55. The lowest BCUT2D eigenvalue weighted by Crippen LogP contribution is -2.11. The first-order chi connectivity index (χ1) is 8.25. The molecule has 2 nitrogen and oxygen atoms in total. The smallest absolute Gasteiger partial charge is 0.122 e. The van der Waals surface area contributed by atoms with Gasteiger partial charge in [0, 0.05) is 11.3 Å². The monoisotopic (exact) mass is 248 g/mol. The standard InChI is InChI=1S/C14H20N2S/c15-14(16)13-7-3-6-12(8-13)10-17-9-11-4-1-2-5-11/h3,6-8,11H,1-2,4-5,9-10H2,(H3,15,16). The quantitative estimate of drug-likeness (QED) is 0.620. The Bertz CT molecular complexity index is 384. The van der Waals surface area contributed by atoms with Gasteiger partial charge in [0.15, 0.2) is 0 Å². The van der Waals surface area contributed by atoms with Gasteiger partial charge in [-0.05, 0) is 36.1 Å². The van der Waals surface area contributed by atoms with Crippen LogP contribution in [0.4, 0.5) is 0 Å². The van der Waals surface area contributed by atoms with Crippen LogP contribution < -0.4 is 5.73 Å². The number of hydrogen-bond donors (Lipinski definition) is 2. The van der Waals surface area contributed by atoms with Crippen molar-refractivity contribution in [2.45, 2.75) is 31.4 Å². The average Bonchev–Trinajstić information content (AvgIpc) is 2.82. The maximum Gasteiger partial charge on any atom is 0.122 e. The van der Waals surface area contributed by atoms with E-state index in [1.807, 2.05) is 30.0 Å². The largest absolute Gasteiger partial charge is 0.384 e. The molecule has 0 unspecified atom stereocenters. The highest BCUT2D eigenvalue weighted by Gasteiger charge is 2.14. The Labute approximate surface area is 107 Å². The van der Waals surface area contributed by atoms with E-state index in [1.165, 1.54) is 37.0 Å². The highest BCUT2D eigenvalue weighted by Crippen LogP contribution is 2.29. The summed E-state index contributed by atoms with van der Waals surface area (Å²) < 4.78 is 0. The minimum absolute atomic E-state index is 0.160. The van der Waals surface area contributed by atoms with Crippen molar-refractivity contribution in [3.63, 3.8) is 0 Å². The van der Waals surface area contributed by atoms with Gasteiger partial charge in [0.2, 0.25) is 0 Å². The Morgan fingerprint density at radius 2 is 2.12 bits per heavy atom. The molecule has 1 aliphatic carbocycles. The van der Waals surface area contributed by atoms with Crippen molar-refractivity contribution in [2.24, 2.45) is 11.7 Å². The molecule has 1 aliphatic rings.